The lowest BCUT2D eigenvalue weighted by atomic mass is 9.85. The summed E-state index contributed by atoms with van der Waals surface area (Å²) in [6.45, 7) is 4.18. The minimum atomic E-state index is -0.859. The van der Waals surface area contributed by atoms with E-state index in [0.29, 0.717) is 39.1 Å². The van der Waals surface area contributed by atoms with Crippen molar-refractivity contribution in [1.29, 1.82) is 0 Å². The summed E-state index contributed by atoms with van der Waals surface area (Å²) in [5, 5.41) is 13.8. The fraction of sp³-hybridized carbons (Fsp3) is 0.833. The number of nitrogens with zero attached hydrogens (tertiary/aromatic N) is 1. The van der Waals surface area contributed by atoms with E-state index in [1.165, 1.54) is 0 Å². The Balaban J connectivity index is 1.86. The number of hydrazine groups is 1. The van der Waals surface area contributed by atoms with Crippen LogP contribution in [-0.4, -0.2) is 54.5 Å². The van der Waals surface area contributed by atoms with E-state index in [1.807, 2.05) is 0 Å². The Morgan fingerprint density at radius 3 is 2.68 bits per heavy atom. The molecule has 19 heavy (non-hydrogen) atoms. The van der Waals surface area contributed by atoms with Gasteiger partial charge in [0.25, 0.3) is 0 Å². The van der Waals surface area contributed by atoms with E-state index in [1.54, 1.807) is 11.9 Å². The molecule has 0 spiro atoms. The molecular weight excluding hydrogens is 250 g/mol. The van der Waals surface area contributed by atoms with E-state index < -0.39 is 11.4 Å². The summed E-state index contributed by atoms with van der Waals surface area (Å²) in [6, 6.07) is -0.646. The third-order valence-electron chi connectivity index (χ3n) is 4.02. The van der Waals surface area contributed by atoms with Crippen LogP contribution in [0.5, 0.6) is 0 Å². The van der Waals surface area contributed by atoms with Crippen LogP contribution in [0.4, 0.5) is 4.79 Å². The van der Waals surface area contributed by atoms with Crippen LogP contribution in [-0.2, 0) is 9.53 Å². The SMILES string of the molecule is CC1(C(=O)O)CCCC1NC(=O)NN1CCOCC1. The van der Waals surface area contributed by atoms with Crippen molar-refractivity contribution >= 4 is 12.0 Å². The number of carboxylic acids is 1. The van der Waals surface area contributed by atoms with Gasteiger partial charge in [0.05, 0.1) is 18.6 Å². The molecule has 0 radical (unpaired) electrons. The van der Waals surface area contributed by atoms with Crippen LogP contribution in [0.15, 0.2) is 0 Å². The van der Waals surface area contributed by atoms with Gasteiger partial charge in [0.15, 0.2) is 0 Å². The van der Waals surface area contributed by atoms with Gasteiger partial charge in [-0.2, -0.15) is 0 Å². The summed E-state index contributed by atoms with van der Waals surface area (Å²) in [5.41, 5.74) is 1.87. The minimum absolute atomic E-state index is 0.314. The average Bonchev–Trinajstić information content (AvgIpc) is 2.73. The van der Waals surface area contributed by atoms with E-state index in [-0.39, 0.29) is 12.1 Å². The molecule has 0 bridgehead atoms. The molecular formula is C12H21N3O4. The molecule has 1 saturated carbocycles. The van der Waals surface area contributed by atoms with Gasteiger partial charge in [0, 0.05) is 19.1 Å². The van der Waals surface area contributed by atoms with Gasteiger partial charge in [-0.1, -0.05) is 6.42 Å². The lowest BCUT2D eigenvalue weighted by Crippen LogP contribution is -2.56. The fourth-order valence-corrected chi connectivity index (χ4v) is 2.66. The standard InChI is InChI=1S/C12H21N3O4/c1-12(10(16)17)4-2-3-9(12)13-11(18)14-15-5-7-19-8-6-15/h9H,2-8H2,1H3,(H,16,17)(H2,13,14,18). The molecule has 1 saturated heterocycles. The fourth-order valence-electron chi connectivity index (χ4n) is 2.66. The van der Waals surface area contributed by atoms with Gasteiger partial charge in [-0.05, 0) is 19.8 Å². The summed E-state index contributed by atoms with van der Waals surface area (Å²) in [4.78, 5) is 23.2. The number of ether oxygens (including phenoxy) is 1. The Kier molecular flexibility index (Phi) is 4.26. The number of carbonyl (C=O) groups excluding carboxylic acids is 1. The Bertz CT molecular complexity index is 357. The molecule has 2 aliphatic rings. The van der Waals surface area contributed by atoms with Crippen molar-refractivity contribution in [1.82, 2.24) is 15.8 Å². The average molecular weight is 271 g/mol. The molecule has 108 valence electrons. The van der Waals surface area contributed by atoms with Crippen LogP contribution in [0, 0.1) is 5.41 Å². The van der Waals surface area contributed by atoms with Crippen LogP contribution in [0.25, 0.3) is 0 Å². The second kappa shape index (κ2) is 5.75. The zero-order valence-corrected chi connectivity index (χ0v) is 11.1. The highest BCUT2D eigenvalue weighted by Crippen LogP contribution is 2.38. The predicted molar refractivity (Wildman–Crippen MR) is 67.4 cm³/mol. The number of urea groups is 1. The Labute approximate surface area is 112 Å². The van der Waals surface area contributed by atoms with Gasteiger partial charge in [-0.25, -0.2) is 9.80 Å². The number of amides is 2. The first-order chi connectivity index (χ1) is 9.02. The quantitative estimate of drug-likeness (QED) is 0.681. The maximum atomic E-state index is 11.9. The molecule has 1 heterocycles. The number of hydrogen-bond acceptors (Lipinski definition) is 4. The van der Waals surface area contributed by atoms with E-state index in [4.69, 9.17) is 4.74 Å². The number of hydrogen-bond donors (Lipinski definition) is 3. The van der Waals surface area contributed by atoms with Crippen molar-refractivity contribution in [2.45, 2.75) is 32.2 Å². The van der Waals surface area contributed by atoms with Crippen molar-refractivity contribution < 1.29 is 19.4 Å². The maximum absolute atomic E-state index is 11.9. The first-order valence-corrected chi connectivity index (χ1v) is 6.65. The smallest absolute Gasteiger partial charge is 0.329 e. The molecule has 2 amide bonds. The Morgan fingerprint density at radius 2 is 2.05 bits per heavy atom. The second-order valence-electron chi connectivity index (χ2n) is 5.35. The summed E-state index contributed by atoms with van der Waals surface area (Å²) >= 11 is 0. The van der Waals surface area contributed by atoms with Crippen LogP contribution in [0.3, 0.4) is 0 Å². The van der Waals surface area contributed by atoms with Crippen LogP contribution >= 0.6 is 0 Å². The molecule has 0 aromatic carbocycles. The number of aliphatic carboxylic acids is 1. The topological polar surface area (TPSA) is 90.9 Å². The molecule has 0 aromatic heterocycles. The molecule has 7 heteroatoms. The Morgan fingerprint density at radius 1 is 1.37 bits per heavy atom. The lowest BCUT2D eigenvalue weighted by molar-refractivity contribution is -0.148. The summed E-state index contributed by atoms with van der Waals surface area (Å²) in [6.07, 6.45) is 2.13. The Hall–Kier alpha value is -1.34. The van der Waals surface area contributed by atoms with E-state index in [0.717, 1.165) is 6.42 Å². The largest absolute Gasteiger partial charge is 0.481 e. The highest BCUT2D eigenvalue weighted by atomic mass is 16.5. The molecule has 3 N–H and O–H groups in total. The van der Waals surface area contributed by atoms with Crippen molar-refractivity contribution in [3.8, 4) is 0 Å². The number of morpholine rings is 1. The summed E-state index contributed by atoms with van der Waals surface area (Å²) < 4.78 is 5.19. The third-order valence-corrected chi connectivity index (χ3v) is 4.02. The van der Waals surface area contributed by atoms with Gasteiger partial charge in [0.1, 0.15) is 0 Å². The van der Waals surface area contributed by atoms with Crippen LogP contribution < -0.4 is 10.7 Å². The number of carboxylic acid groups (broad SMARTS) is 1. The molecule has 1 aliphatic heterocycles. The number of rotatable bonds is 3. The molecule has 2 fully saturated rings. The van der Waals surface area contributed by atoms with Crippen molar-refractivity contribution in [2.75, 3.05) is 26.3 Å². The second-order valence-corrected chi connectivity index (χ2v) is 5.35. The zero-order valence-electron chi connectivity index (χ0n) is 11.1. The van der Waals surface area contributed by atoms with Crippen LogP contribution in [0.1, 0.15) is 26.2 Å². The lowest BCUT2D eigenvalue weighted by Gasteiger charge is -2.31. The molecule has 2 rings (SSSR count). The van der Waals surface area contributed by atoms with Crippen molar-refractivity contribution in [3.05, 3.63) is 0 Å². The highest BCUT2D eigenvalue weighted by Gasteiger charge is 2.46. The minimum Gasteiger partial charge on any atom is -0.481 e. The number of nitrogens with one attached hydrogen (secondary N) is 2. The van der Waals surface area contributed by atoms with Crippen LogP contribution in [0.2, 0.25) is 0 Å². The van der Waals surface area contributed by atoms with Gasteiger partial charge < -0.3 is 15.2 Å². The van der Waals surface area contributed by atoms with Gasteiger partial charge >= 0.3 is 12.0 Å². The van der Waals surface area contributed by atoms with E-state index in [2.05, 4.69) is 10.7 Å². The first kappa shape index (κ1) is 14.1. The molecule has 0 aromatic rings. The normalized spacial score (nSPS) is 31.9. The predicted octanol–water partition coefficient (Wildman–Crippen LogP) is 0.176. The molecule has 7 nitrogen and oxygen atoms in total. The highest BCUT2D eigenvalue weighted by molar-refractivity contribution is 5.79. The van der Waals surface area contributed by atoms with Gasteiger partial charge in [0.2, 0.25) is 0 Å². The first-order valence-electron chi connectivity index (χ1n) is 6.65. The molecule has 1 aliphatic carbocycles. The summed E-state index contributed by atoms with van der Waals surface area (Å²) in [7, 11) is 0. The third kappa shape index (κ3) is 3.16. The van der Waals surface area contributed by atoms with Gasteiger partial charge in [-0.15, -0.1) is 0 Å². The van der Waals surface area contributed by atoms with Gasteiger partial charge in [-0.3, -0.25) is 10.2 Å². The van der Waals surface area contributed by atoms with E-state index >= 15 is 0 Å². The van der Waals surface area contributed by atoms with Crippen molar-refractivity contribution in [2.24, 2.45) is 5.41 Å². The maximum Gasteiger partial charge on any atom is 0.329 e. The monoisotopic (exact) mass is 271 g/mol. The zero-order chi connectivity index (χ0) is 13.9. The molecule has 2 atom stereocenters. The molecule has 2 unspecified atom stereocenters. The van der Waals surface area contributed by atoms with E-state index in [9.17, 15) is 14.7 Å². The van der Waals surface area contributed by atoms with Crippen molar-refractivity contribution in [3.63, 3.8) is 0 Å². The number of carbonyl (C=O) groups is 2. The summed E-state index contributed by atoms with van der Waals surface area (Å²) in [5.74, 6) is -0.846.